The van der Waals surface area contributed by atoms with Gasteiger partial charge in [0, 0.05) is 5.56 Å². The summed E-state index contributed by atoms with van der Waals surface area (Å²) in [5, 5.41) is -0.429. The molecule has 0 radical (unpaired) electrons. The minimum Gasteiger partial charge on any atom is -0.207 e. The van der Waals surface area contributed by atoms with Crippen LogP contribution in [0.1, 0.15) is 22.1 Å². The predicted octanol–water partition coefficient (Wildman–Crippen LogP) is 4.46. The first-order valence-corrected chi connectivity index (χ1v) is 5.57. The van der Waals surface area contributed by atoms with Gasteiger partial charge in [-0.05, 0) is 18.6 Å². The van der Waals surface area contributed by atoms with Crippen molar-refractivity contribution in [1.29, 1.82) is 0 Å². The zero-order chi connectivity index (χ0) is 11.5. The number of benzene rings is 2. The second kappa shape index (κ2) is 4.67. The van der Waals surface area contributed by atoms with Crippen LogP contribution < -0.4 is 0 Å². The maximum atomic E-state index is 13.5. The van der Waals surface area contributed by atoms with Crippen LogP contribution in [0.2, 0.25) is 0 Å². The van der Waals surface area contributed by atoms with Gasteiger partial charge in [0.05, 0.1) is 5.38 Å². The van der Waals surface area contributed by atoms with Crippen LogP contribution >= 0.6 is 11.6 Å². The standard InChI is InChI=1S/C14H12ClF/c1-10-6-8-11(9-7-10)14(15)12-4-2-3-5-13(12)16/h2-9,14H,1H3. The first kappa shape index (κ1) is 11.2. The average molecular weight is 235 g/mol. The van der Waals surface area contributed by atoms with Crippen molar-refractivity contribution in [2.45, 2.75) is 12.3 Å². The van der Waals surface area contributed by atoms with Crippen molar-refractivity contribution in [3.05, 3.63) is 71.0 Å². The summed E-state index contributed by atoms with van der Waals surface area (Å²) >= 11 is 6.25. The second-order valence-electron chi connectivity index (χ2n) is 3.79. The molecular formula is C14H12ClF. The lowest BCUT2D eigenvalue weighted by atomic mass is 10.0. The lowest BCUT2D eigenvalue weighted by molar-refractivity contribution is 0.612. The Morgan fingerprint density at radius 1 is 1.00 bits per heavy atom. The Kier molecular flexibility index (Phi) is 3.25. The van der Waals surface area contributed by atoms with Crippen LogP contribution in [0.15, 0.2) is 48.5 Å². The van der Waals surface area contributed by atoms with Crippen molar-refractivity contribution >= 4 is 11.6 Å². The Bertz CT molecular complexity index is 476. The normalized spacial score (nSPS) is 12.4. The molecule has 0 N–H and O–H groups in total. The van der Waals surface area contributed by atoms with Crippen LogP contribution in [-0.2, 0) is 0 Å². The van der Waals surface area contributed by atoms with E-state index in [1.54, 1.807) is 18.2 Å². The zero-order valence-corrected chi connectivity index (χ0v) is 9.71. The summed E-state index contributed by atoms with van der Waals surface area (Å²) in [5.74, 6) is -0.261. The highest BCUT2D eigenvalue weighted by Crippen LogP contribution is 2.30. The molecule has 0 bridgehead atoms. The summed E-state index contributed by atoms with van der Waals surface area (Å²) in [5.41, 5.74) is 2.60. The molecule has 2 aromatic rings. The van der Waals surface area contributed by atoms with Crippen molar-refractivity contribution in [2.24, 2.45) is 0 Å². The van der Waals surface area contributed by atoms with Crippen LogP contribution in [-0.4, -0.2) is 0 Å². The fraction of sp³-hybridized carbons (Fsp3) is 0.143. The quantitative estimate of drug-likeness (QED) is 0.673. The minimum atomic E-state index is -0.429. The topological polar surface area (TPSA) is 0 Å². The number of aryl methyl sites for hydroxylation is 1. The number of halogens is 2. The maximum Gasteiger partial charge on any atom is 0.128 e. The molecule has 1 unspecified atom stereocenters. The van der Waals surface area contributed by atoms with Gasteiger partial charge in [0.2, 0.25) is 0 Å². The first-order valence-electron chi connectivity index (χ1n) is 5.13. The molecule has 16 heavy (non-hydrogen) atoms. The zero-order valence-electron chi connectivity index (χ0n) is 8.95. The van der Waals surface area contributed by atoms with Crippen LogP contribution in [0.3, 0.4) is 0 Å². The van der Waals surface area contributed by atoms with E-state index in [4.69, 9.17) is 11.6 Å². The molecule has 0 aliphatic rings. The molecule has 2 heteroatoms. The molecule has 0 heterocycles. The Balaban J connectivity index is 2.35. The largest absolute Gasteiger partial charge is 0.207 e. The molecule has 2 aromatic carbocycles. The van der Waals surface area contributed by atoms with Gasteiger partial charge in [-0.15, -0.1) is 11.6 Å². The average Bonchev–Trinajstić information content (AvgIpc) is 2.30. The van der Waals surface area contributed by atoms with E-state index in [9.17, 15) is 4.39 Å². The van der Waals surface area contributed by atoms with E-state index in [0.29, 0.717) is 5.56 Å². The van der Waals surface area contributed by atoms with Gasteiger partial charge in [-0.3, -0.25) is 0 Å². The molecule has 0 aliphatic carbocycles. The van der Waals surface area contributed by atoms with Crippen molar-refractivity contribution < 1.29 is 4.39 Å². The summed E-state index contributed by atoms with van der Waals surface area (Å²) in [4.78, 5) is 0. The van der Waals surface area contributed by atoms with Crippen molar-refractivity contribution in [1.82, 2.24) is 0 Å². The Morgan fingerprint density at radius 2 is 1.62 bits per heavy atom. The predicted molar refractivity (Wildman–Crippen MR) is 65.3 cm³/mol. The third-order valence-corrected chi connectivity index (χ3v) is 3.04. The lowest BCUT2D eigenvalue weighted by Gasteiger charge is -2.11. The minimum absolute atomic E-state index is 0.261. The highest BCUT2D eigenvalue weighted by molar-refractivity contribution is 6.22. The van der Waals surface area contributed by atoms with Crippen molar-refractivity contribution in [3.63, 3.8) is 0 Å². The van der Waals surface area contributed by atoms with E-state index in [1.807, 2.05) is 31.2 Å². The Morgan fingerprint density at radius 3 is 2.25 bits per heavy atom. The summed E-state index contributed by atoms with van der Waals surface area (Å²) in [6.07, 6.45) is 0. The number of hydrogen-bond donors (Lipinski definition) is 0. The number of rotatable bonds is 2. The first-order chi connectivity index (χ1) is 7.68. The van der Waals surface area contributed by atoms with Gasteiger partial charge in [-0.25, -0.2) is 4.39 Å². The third kappa shape index (κ3) is 2.25. The molecule has 0 fully saturated rings. The summed E-state index contributed by atoms with van der Waals surface area (Å²) in [7, 11) is 0. The molecule has 0 spiro atoms. The SMILES string of the molecule is Cc1ccc(C(Cl)c2ccccc2F)cc1. The Hall–Kier alpha value is -1.34. The summed E-state index contributed by atoms with van der Waals surface area (Å²) in [6.45, 7) is 2.01. The fourth-order valence-corrected chi connectivity index (χ4v) is 1.92. The molecule has 0 amide bonds. The smallest absolute Gasteiger partial charge is 0.128 e. The van der Waals surface area contributed by atoms with Crippen molar-refractivity contribution in [3.8, 4) is 0 Å². The van der Waals surface area contributed by atoms with Gasteiger partial charge in [0.25, 0.3) is 0 Å². The van der Waals surface area contributed by atoms with E-state index < -0.39 is 5.38 Å². The van der Waals surface area contributed by atoms with Gasteiger partial charge in [0.1, 0.15) is 5.82 Å². The highest BCUT2D eigenvalue weighted by atomic mass is 35.5. The van der Waals surface area contributed by atoms with E-state index in [2.05, 4.69) is 0 Å². The van der Waals surface area contributed by atoms with Crippen LogP contribution in [0, 0.1) is 12.7 Å². The highest BCUT2D eigenvalue weighted by Gasteiger charge is 2.13. The maximum absolute atomic E-state index is 13.5. The summed E-state index contributed by atoms with van der Waals surface area (Å²) in [6, 6.07) is 14.4. The van der Waals surface area contributed by atoms with Gasteiger partial charge >= 0.3 is 0 Å². The molecule has 0 saturated heterocycles. The van der Waals surface area contributed by atoms with Gasteiger partial charge in [0.15, 0.2) is 0 Å². The third-order valence-electron chi connectivity index (χ3n) is 2.55. The number of alkyl halides is 1. The fourth-order valence-electron chi connectivity index (χ4n) is 1.60. The monoisotopic (exact) mass is 234 g/mol. The van der Waals surface area contributed by atoms with Gasteiger partial charge in [-0.1, -0.05) is 48.0 Å². The van der Waals surface area contributed by atoms with E-state index in [0.717, 1.165) is 5.56 Å². The van der Waals surface area contributed by atoms with Crippen LogP contribution in [0.25, 0.3) is 0 Å². The van der Waals surface area contributed by atoms with E-state index in [-0.39, 0.29) is 5.82 Å². The molecular weight excluding hydrogens is 223 g/mol. The second-order valence-corrected chi connectivity index (χ2v) is 4.23. The van der Waals surface area contributed by atoms with E-state index >= 15 is 0 Å². The molecule has 0 aliphatic heterocycles. The molecule has 82 valence electrons. The summed E-state index contributed by atoms with van der Waals surface area (Å²) < 4.78 is 13.5. The van der Waals surface area contributed by atoms with Gasteiger partial charge < -0.3 is 0 Å². The van der Waals surface area contributed by atoms with E-state index in [1.165, 1.54) is 11.6 Å². The molecule has 0 nitrogen and oxygen atoms in total. The molecule has 0 saturated carbocycles. The molecule has 1 atom stereocenters. The van der Waals surface area contributed by atoms with Crippen LogP contribution in [0.5, 0.6) is 0 Å². The Labute approximate surface area is 99.7 Å². The van der Waals surface area contributed by atoms with Crippen LogP contribution in [0.4, 0.5) is 4.39 Å². The van der Waals surface area contributed by atoms with Gasteiger partial charge in [-0.2, -0.15) is 0 Å². The van der Waals surface area contributed by atoms with Crippen molar-refractivity contribution in [2.75, 3.05) is 0 Å². The molecule has 0 aromatic heterocycles. The number of hydrogen-bond acceptors (Lipinski definition) is 0. The molecule has 2 rings (SSSR count). The lowest BCUT2D eigenvalue weighted by Crippen LogP contribution is -1.96.